The van der Waals surface area contributed by atoms with Crippen LogP contribution in [0.4, 0.5) is 45.5 Å². The molecule has 0 spiro atoms. The van der Waals surface area contributed by atoms with Gasteiger partial charge >= 0.3 is 6.85 Å². The minimum atomic E-state index is -0.345. The van der Waals surface area contributed by atoms with Gasteiger partial charge in [-0.05, 0) is 173 Å². The predicted molar refractivity (Wildman–Crippen MR) is 360 cm³/mol. The molecule has 0 atom stereocenters. The highest BCUT2D eigenvalue weighted by Gasteiger charge is 2.50. The van der Waals surface area contributed by atoms with Crippen LogP contribution in [0.25, 0.3) is 77.9 Å². The highest BCUT2D eigenvalue weighted by atomic mass is 15.2. The Morgan fingerprint density at radius 2 is 0.706 bits per heavy atom. The summed E-state index contributed by atoms with van der Waals surface area (Å²) in [6.07, 6.45) is 0. The van der Waals surface area contributed by atoms with Crippen LogP contribution in [-0.4, -0.2) is 6.85 Å². The minimum absolute atomic E-state index is 0.221. The highest BCUT2D eigenvalue weighted by molar-refractivity contribution is 6.93. The fourth-order valence-electron chi connectivity index (χ4n) is 14.0. The lowest BCUT2D eigenvalue weighted by molar-refractivity contribution is 0.662. The molecule has 0 bridgehead atoms. The quantitative estimate of drug-likeness (QED) is 0.126. The Morgan fingerprint density at radius 1 is 0.306 bits per heavy atom. The summed E-state index contributed by atoms with van der Waals surface area (Å²) in [5.41, 5.74) is 30.8. The Labute approximate surface area is 498 Å². The largest absolute Gasteiger partial charge is 0.376 e. The van der Waals surface area contributed by atoms with Gasteiger partial charge in [0, 0.05) is 56.5 Å². The first kappa shape index (κ1) is 50.1. The lowest BCUT2D eigenvalue weighted by atomic mass is 9.42. The number of hydrogen-bond acceptors (Lipinski definition) is 3. The van der Waals surface area contributed by atoms with Gasteiger partial charge in [0.15, 0.2) is 0 Å². The number of benzene rings is 13. The second kappa shape index (κ2) is 20.3. The molecule has 2 aliphatic heterocycles. The monoisotopic (exact) mass is 1080 g/mol. The predicted octanol–water partition coefficient (Wildman–Crippen LogP) is 20.5. The van der Waals surface area contributed by atoms with E-state index < -0.39 is 0 Å². The van der Waals surface area contributed by atoms with Gasteiger partial charge in [-0.2, -0.15) is 0 Å². The van der Waals surface area contributed by atoms with Crippen LogP contribution in [0.5, 0.6) is 0 Å². The van der Waals surface area contributed by atoms with Crippen molar-refractivity contribution < 1.29 is 0 Å². The molecular weight excluding hydrogens is 1030 g/mol. The van der Waals surface area contributed by atoms with Gasteiger partial charge in [0.1, 0.15) is 0 Å². The molecule has 3 aliphatic rings. The van der Waals surface area contributed by atoms with E-state index in [2.05, 4.69) is 344 Å². The summed E-state index contributed by atoms with van der Waals surface area (Å²) in [5, 5.41) is 0. The Kier molecular flexibility index (Phi) is 12.0. The van der Waals surface area contributed by atoms with Gasteiger partial charge in [-0.1, -0.05) is 250 Å². The van der Waals surface area contributed by atoms with Crippen LogP contribution in [-0.2, 0) is 5.41 Å². The Bertz CT molecular complexity index is 4540. The lowest BCUT2D eigenvalue weighted by Crippen LogP contribution is -2.62. The third-order valence-corrected chi connectivity index (χ3v) is 18.0. The molecule has 0 radical (unpaired) electrons. The molecule has 0 saturated carbocycles. The van der Waals surface area contributed by atoms with Crippen molar-refractivity contribution in [1.29, 1.82) is 0 Å². The maximum absolute atomic E-state index is 2.66. The molecule has 13 aromatic rings. The highest BCUT2D eigenvalue weighted by Crippen LogP contribution is 2.58. The molecule has 0 fully saturated rings. The van der Waals surface area contributed by atoms with Crippen LogP contribution in [0.15, 0.2) is 315 Å². The van der Waals surface area contributed by atoms with Gasteiger partial charge in [-0.25, -0.2) is 0 Å². The van der Waals surface area contributed by atoms with Crippen LogP contribution in [0, 0.1) is 0 Å². The maximum Gasteiger partial charge on any atom is 0.333 e. The molecule has 0 amide bonds. The van der Waals surface area contributed by atoms with E-state index in [1.54, 1.807) is 0 Å². The number of rotatable bonds is 10. The molecule has 0 aromatic heterocycles. The zero-order chi connectivity index (χ0) is 56.6. The van der Waals surface area contributed by atoms with Crippen molar-refractivity contribution in [1.82, 2.24) is 0 Å². The molecule has 0 N–H and O–H groups in total. The Morgan fingerprint density at radius 3 is 1.21 bits per heavy atom. The van der Waals surface area contributed by atoms with Crippen molar-refractivity contribution >= 4 is 63.3 Å². The average Bonchev–Trinajstić information content (AvgIpc) is 1.73. The fraction of sp³-hybridized carbons (Fsp3) is 0.0370. The molecule has 16 rings (SSSR count). The van der Waals surface area contributed by atoms with E-state index in [1.165, 1.54) is 106 Å². The summed E-state index contributed by atoms with van der Waals surface area (Å²) in [6, 6.07) is 117. The molecule has 400 valence electrons. The zero-order valence-electron chi connectivity index (χ0n) is 47.4. The van der Waals surface area contributed by atoms with E-state index >= 15 is 0 Å². The molecule has 13 aromatic carbocycles. The van der Waals surface area contributed by atoms with E-state index in [-0.39, 0.29) is 12.3 Å². The number of anilines is 8. The molecule has 2 heterocycles. The zero-order valence-corrected chi connectivity index (χ0v) is 47.4. The molecule has 3 nitrogen and oxygen atoms in total. The van der Waals surface area contributed by atoms with Gasteiger partial charge in [0.05, 0.1) is 0 Å². The lowest BCUT2D eigenvalue weighted by Gasteiger charge is -2.47. The van der Waals surface area contributed by atoms with Crippen LogP contribution in [0.1, 0.15) is 25.0 Å². The van der Waals surface area contributed by atoms with Gasteiger partial charge in [0.2, 0.25) is 0 Å². The number of hydrogen-bond donors (Lipinski definition) is 0. The number of nitrogens with zero attached hydrogens (tertiary/aromatic N) is 3. The first-order valence-electron chi connectivity index (χ1n) is 29.6. The van der Waals surface area contributed by atoms with Crippen LogP contribution in [0.2, 0.25) is 0 Å². The SMILES string of the molecule is CC1(C)c2ccccc2-c2cc3c4c(c21)-c1cc(N(c2ccc(-c5ccccc5)cc2)c2ccc(-c5ccccc5)cc2)ccc1N(c1ccc(-c2ccccc2)cc1)B4c1cc(-c2ccccc2)ccc1N3c1ccc(-c2ccccc2)cc1. The van der Waals surface area contributed by atoms with Gasteiger partial charge < -0.3 is 14.6 Å². The third kappa shape index (κ3) is 8.43. The van der Waals surface area contributed by atoms with Gasteiger partial charge in [0.25, 0.3) is 0 Å². The molecule has 0 unspecified atom stereocenters. The van der Waals surface area contributed by atoms with Crippen molar-refractivity contribution in [3.8, 4) is 77.9 Å². The molecule has 4 heteroatoms. The summed E-state index contributed by atoms with van der Waals surface area (Å²) < 4.78 is 0. The summed E-state index contributed by atoms with van der Waals surface area (Å²) in [4.78, 5) is 7.69. The van der Waals surface area contributed by atoms with Crippen molar-refractivity contribution in [2.75, 3.05) is 14.6 Å². The maximum atomic E-state index is 2.66. The van der Waals surface area contributed by atoms with Crippen LogP contribution in [0.3, 0.4) is 0 Å². The van der Waals surface area contributed by atoms with E-state index in [4.69, 9.17) is 0 Å². The first-order valence-corrected chi connectivity index (χ1v) is 29.6. The molecule has 1 aliphatic carbocycles. The third-order valence-electron chi connectivity index (χ3n) is 18.0. The standard InChI is InChI=1S/C81H58BN3/c1-81(2)73-31-19-18-30-70(73)71-54-77-80-78(79(71)81)72-53-69(83(65-41-32-60(33-42-65)55-20-8-3-9-21-55)66-43-34-61(35-44-66)56-22-10-4-11-23-56)49-51-75(72)85(68-47-38-63(39-48-68)58-26-14-6-15-27-58)82(80)74-52-64(59-28-16-7-17-29-59)40-50-76(74)84(77)67-45-36-62(37-46-67)57-24-12-5-13-25-57/h3-54H,1-2H3. The summed E-state index contributed by atoms with van der Waals surface area (Å²) in [6.45, 7) is 4.68. The summed E-state index contributed by atoms with van der Waals surface area (Å²) in [7, 11) is 0. The number of fused-ring (bicyclic) bond motifs is 8. The van der Waals surface area contributed by atoms with Crippen molar-refractivity contribution in [2.24, 2.45) is 0 Å². The smallest absolute Gasteiger partial charge is 0.333 e. The van der Waals surface area contributed by atoms with Crippen molar-refractivity contribution in [3.05, 3.63) is 327 Å². The van der Waals surface area contributed by atoms with E-state index in [0.29, 0.717) is 0 Å². The molecule has 85 heavy (non-hydrogen) atoms. The Hall–Kier alpha value is -10.7. The van der Waals surface area contributed by atoms with E-state index in [9.17, 15) is 0 Å². The normalized spacial score (nSPS) is 13.1. The molecular formula is C81H58BN3. The topological polar surface area (TPSA) is 9.72 Å². The minimum Gasteiger partial charge on any atom is -0.376 e. The van der Waals surface area contributed by atoms with Crippen LogP contribution >= 0.6 is 0 Å². The van der Waals surface area contributed by atoms with Crippen LogP contribution < -0.4 is 25.5 Å². The second-order valence-electron chi connectivity index (χ2n) is 23.2. The summed E-state index contributed by atoms with van der Waals surface area (Å²) in [5.74, 6) is 0. The van der Waals surface area contributed by atoms with E-state index in [0.717, 1.165) is 39.8 Å². The second-order valence-corrected chi connectivity index (χ2v) is 23.2. The van der Waals surface area contributed by atoms with Gasteiger partial charge in [-0.3, -0.25) is 0 Å². The fourth-order valence-corrected chi connectivity index (χ4v) is 14.0. The first-order chi connectivity index (χ1) is 41.9. The van der Waals surface area contributed by atoms with Crippen molar-refractivity contribution in [3.63, 3.8) is 0 Å². The average molecular weight is 1080 g/mol. The van der Waals surface area contributed by atoms with E-state index in [1.807, 2.05) is 0 Å². The van der Waals surface area contributed by atoms with Gasteiger partial charge in [-0.15, -0.1) is 0 Å². The molecule has 0 saturated heterocycles. The van der Waals surface area contributed by atoms with Crippen molar-refractivity contribution in [2.45, 2.75) is 19.3 Å². The summed E-state index contributed by atoms with van der Waals surface area (Å²) >= 11 is 0. The Balaban J connectivity index is 0.983.